The lowest BCUT2D eigenvalue weighted by Crippen LogP contribution is -2.48. The molecule has 0 radical (unpaired) electrons. The molecule has 1 aliphatic rings. The van der Waals surface area contributed by atoms with Gasteiger partial charge in [-0.05, 0) is 42.8 Å². The van der Waals surface area contributed by atoms with Gasteiger partial charge in [0.05, 0.1) is 27.3 Å². The number of alkyl halides is 3. The molecule has 0 saturated carbocycles. The molecule has 3 heterocycles. The van der Waals surface area contributed by atoms with Crippen molar-refractivity contribution in [3.8, 4) is 17.2 Å². The number of benzene rings is 2. The monoisotopic (exact) mass is 547 g/mol. The van der Waals surface area contributed by atoms with Gasteiger partial charge in [-0.15, -0.1) is 11.3 Å². The molecule has 0 unspecified atom stereocenters. The first kappa shape index (κ1) is 26.5. The molecule has 8 nitrogen and oxygen atoms in total. The minimum absolute atomic E-state index is 0.190. The molecule has 1 saturated heterocycles. The molecular formula is C26H28F3N5O3S. The van der Waals surface area contributed by atoms with Gasteiger partial charge in [-0.25, -0.2) is 4.98 Å². The van der Waals surface area contributed by atoms with E-state index >= 15 is 0 Å². The van der Waals surface area contributed by atoms with Gasteiger partial charge in [0.1, 0.15) is 18.5 Å². The number of halogens is 3. The quantitative estimate of drug-likeness (QED) is 0.328. The number of ether oxygens (including phenoxy) is 1. The zero-order chi connectivity index (χ0) is 26.7. The number of thiazole rings is 1. The maximum atomic E-state index is 12.8. The van der Waals surface area contributed by atoms with E-state index in [9.17, 15) is 18.3 Å². The minimum atomic E-state index is -4.39. The summed E-state index contributed by atoms with van der Waals surface area (Å²) < 4.78 is 50.5. The predicted octanol–water partition coefficient (Wildman–Crippen LogP) is 4.49. The Morgan fingerprint density at radius 3 is 2.50 bits per heavy atom. The fourth-order valence-corrected chi connectivity index (χ4v) is 5.19. The second kappa shape index (κ2) is 11.4. The van der Waals surface area contributed by atoms with E-state index in [1.807, 2.05) is 18.2 Å². The SMILES string of the molecule is CCc1nc2cc(OC[C@@H](O)CN3CCN(Cc4noc(-c5ccc(C(F)(F)F)cc5)n4)CC3)ccc2s1. The van der Waals surface area contributed by atoms with E-state index in [0.29, 0.717) is 30.2 Å². The number of β-amino-alcohol motifs (C(OH)–C–C–N with tert-alkyl or cyclic N) is 1. The van der Waals surface area contributed by atoms with Crippen LogP contribution < -0.4 is 4.74 Å². The van der Waals surface area contributed by atoms with Crippen molar-refractivity contribution in [2.75, 3.05) is 39.3 Å². The van der Waals surface area contributed by atoms with Crippen molar-refractivity contribution in [2.24, 2.45) is 0 Å². The Labute approximate surface area is 221 Å². The van der Waals surface area contributed by atoms with E-state index in [0.717, 1.165) is 60.0 Å². The van der Waals surface area contributed by atoms with Gasteiger partial charge in [-0.1, -0.05) is 12.1 Å². The third kappa shape index (κ3) is 6.49. The molecule has 1 fully saturated rings. The normalized spacial score (nSPS) is 16.2. The summed E-state index contributed by atoms with van der Waals surface area (Å²) in [4.78, 5) is 13.3. The first-order valence-electron chi connectivity index (χ1n) is 12.4. The average molecular weight is 548 g/mol. The van der Waals surface area contributed by atoms with Gasteiger partial charge >= 0.3 is 6.18 Å². The third-order valence-corrected chi connectivity index (χ3v) is 7.56. The number of rotatable bonds is 9. The Morgan fingerprint density at radius 2 is 1.79 bits per heavy atom. The lowest BCUT2D eigenvalue weighted by molar-refractivity contribution is -0.137. The van der Waals surface area contributed by atoms with Crippen molar-refractivity contribution in [1.82, 2.24) is 24.9 Å². The Kier molecular flexibility index (Phi) is 7.93. The van der Waals surface area contributed by atoms with E-state index < -0.39 is 17.8 Å². The van der Waals surface area contributed by atoms with Crippen LogP contribution in [-0.2, 0) is 19.1 Å². The van der Waals surface area contributed by atoms with Crippen LogP contribution in [0.25, 0.3) is 21.7 Å². The molecule has 12 heteroatoms. The Hall–Kier alpha value is -3.06. The summed E-state index contributed by atoms with van der Waals surface area (Å²) in [5.74, 6) is 1.37. The molecule has 4 aromatic rings. The van der Waals surface area contributed by atoms with Crippen molar-refractivity contribution in [3.63, 3.8) is 0 Å². The van der Waals surface area contributed by atoms with E-state index in [4.69, 9.17) is 9.26 Å². The zero-order valence-electron chi connectivity index (χ0n) is 20.8. The molecule has 2 aromatic heterocycles. The molecule has 202 valence electrons. The fraction of sp³-hybridized carbons (Fsp3) is 0.423. The number of hydrogen-bond donors (Lipinski definition) is 1. The number of aromatic nitrogens is 3. The van der Waals surface area contributed by atoms with E-state index in [1.165, 1.54) is 12.1 Å². The van der Waals surface area contributed by atoms with Gasteiger partial charge in [-0.3, -0.25) is 9.80 Å². The van der Waals surface area contributed by atoms with Gasteiger partial charge in [-0.2, -0.15) is 18.2 Å². The maximum absolute atomic E-state index is 12.8. The van der Waals surface area contributed by atoms with Gasteiger partial charge in [0.2, 0.25) is 0 Å². The Bertz CT molecular complexity index is 1350. The molecule has 1 N–H and O–H groups in total. The molecule has 0 aliphatic carbocycles. The van der Waals surface area contributed by atoms with Crippen molar-refractivity contribution in [3.05, 3.63) is 58.9 Å². The highest BCUT2D eigenvalue weighted by Crippen LogP contribution is 2.31. The van der Waals surface area contributed by atoms with Crippen LogP contribution >= 0.6 is 11.3 Å². The number of nitrogens with zero attached hydrogens (tertiary/aromatic N) is 5. The van der Waals surface area contributed by atoms with Crippen LogP contribution in [0.15, 0.2) is 47.0 Å². The second-order valence-electron chi connectivity index (χ2n) is 9.22. The number of fused-ring (bicyclic) bond motifs is 1. The number of hydrogen-bond acceptors (Lipinski definition) is 9. The number of piperazine rings is 1. The summed E-state index contributed by atoms with van der Waals surface area (Å²) >= 11 is 1.68. The average Bonchev–Trinajstić information content (AvgIpc) is 3.55. The highest BCUT2D eigenvalue weighted by molar-refractivity contribution is 7.18. The number of aliphatic hydroxyl groups excluding tert-OH is 1. The summed E-state index contributed by atoms with van der Waals surface area (Å²) in [5, 5.41) is 15.6. The van der Waals surface area contributed by atoms with Gasteiger partial charge in [0, 0.05) is 44.4 Å². The third-order valence-electron chi connectivity index (χ3n) is 6.37. The lowest BCUT2D eigenvalue weighted by atomic mass is 10.1. The Balaban J connectivity index is 1.05. The van der Waals surface area contributed by atoms with Crippen molar-refractivity contribution in [2.45, 2.75) is 32.2 Å². The highest BCUT2D eigenvalue weighted by atomic mass is 32.1. The molecule has 1 atom stereocenters. The predicted molar refractivity (Wildman–Crippen MR) is 137 cm³/mol. The molecule has 2 aromatic carbocycles. The summed E-state index contributed by atoms with van der Waals surface area (Å²) in [6.45, 7) is 6.33. The topological polar surface area (TPSA) is 87.8 Å². The first-order valence-corrected chi connectivity index (χ1v) is 13.2. The van der Waals surface area contributed by atoms with Crippen LogP contribution in [0.4, 0.5) is 13.2 Å². The molecule has 1 aliphatic heterocycles. The van der Waals surface area contributed by atoms with Crippen molar-refractivity contribution >= 4 is 21.6 Å². The van der Waals surface area contributed by atoms with E-state index in [-0.39, 0.29) is 12.5 Å². The Morgan fingerprint density at radius 1 is 1.05 bits per heavy atom. The molecule has 0 amide bonds. The smallest absolute Gasteiger partial charge is 0.416 e. The van der Waals surface area contributed by atoms with Gasteiger partial charge in [0.25, 0.3) is 5.89 Å². The summed E-state index contributed by atoms with van der Waals surface area (Å²) in [6.07, 6.45) is -4.11. The second-order valence-corrected chi connectivity index (χ2v) is 10.3. The molecule has 0 bridgehead atoms. The molecule has 5 rings (SSSR count). The zero-order valence-corrected chi connectivity index (χ0v) is 21.6. The van der Waals surface area contributed by atoms with Crippen LogP contribution in [0.2, 0.25) is 0 Å². The van der Waals surface area contributed by atoms with Crippen molar-refractivity contribution in [1.29, 1.82) is 0 Å². The largest absolute Gasteiger partial charge is 0.491 e. The van der Waals surface area contributed by atoms with Gasteiger partial charge in [0.15, 0.2) is 5.82 Å². The number of aliphatic hydroxyl groups is 1. The summed E-state index contributed by atoms with van der Waals surface area (Å²) in [7, 11) is 0. The van der Waals surface area contributed by atoms with Crippen LogP contribution in [-0.4, -0.2) is 75.5 Å². The van der Waals surface area contributed by atoms with Crippen molar-refractivity contribution < 1.29 is 27.5 Å². The van der Waals surface area contributed by atoms with E-state index in [1.54, 1.807) is 11.3 Å². The van der Waals surface area contributed by atoms with Crippen LogP contribution in [0, 0.1) is 0 Å². The first-order chi connectivity index (χ1) is 18.3. The summed E-state index contributed by atoms with van der Waals surface area (Å²) in [6, 6.07) is 10.5. The fourth-order valence-electron chi connectivity index (χ4n) is 4.31. The van der Waals surface area contributed by atoms with Crippen LogP contribution in [0.3, 0.4) is 0 Å². The number of aryl methyl sites for hydroxylation is 1. The van der Waals surface area contributed by atoms with Crippen LogP contribution in [0.5, 0.6) is 5.75 Å². The van der Waals surface area contributed by atoms with E-state index in [2.05, 4.69) is 31.8 Å². The highest BCUT2D eigenvalue weighted by Gasteiger charge is 2.30. The maximum Gasteiger partial charge on any atom is 0.416 e. The van der Waals surface area contributed by atoms with Crippen LogP contribution in [0.1, 0.15) is 23.3 Å². The lowest BCUT2D eigenvalue weighted by Gasteiger charge is -2.34. The standard InChI is InChI=1S/C26H28F3N5O3S/c1-2-24-30-21-13-20(7-8-22(21)38-24)36-16-19(35)14-33-9-11-34(12-10-33)15-23-31-25(37-32-23)17-3-5-18(6-4-17)26(27,28)29/h3-8,13,19,35H,2,9-12,14-16H2,1H3/t19-/m0/s1. The van der Waals surface area contributed by atoms with Gasteiger partial charge < -0.3 is 14.4 Å². The minimum Gasteiger partial charge on any atom is -0.491 e. The summed E-state index contributed by atoms with van der Waals surface area (Å²) in [5.41, 5.74) is 0.635. The molecule has 38 heavy (non-hydrogen) atoms. The molecular weight excluding hydrogens is 519 g/mol. The molecule has 0 spiro atoms.